The Morgan fingerprint density at radius 2 is 1.88 bits per heavy atom. The Bertz CT molecular complexity index is 967. The molecule has 0 saturated carbocycles. The molecule has 25 heavy (non-hydrogen) atoms. The second-order valence-electron chi connectivity index (χ2n) is 5.48. The van der Waals surface area contributed by atoms with E-state index in [0.717, 1.165) is 0 Å². The van der Waals surface area contributed by atoms with Gasteiger partial charge in [0.2, 0.25) is 11.9 Å². The Morgan fingerprint density at radius 1 is 1.16 bits per heavy atom. The quantitative estimate of drug-likeness (QED) is 0.699. The molecule has 0 aliphatic carbocycles. The highest BCUT2D eigenvalue weighted by Crippen LogP contribution is 2.10. The van der Waals surface area contributed by atoms with Crippen molar-refractivity contribution in [3.05, 3.63) is 70.3 Å². The van der Waals surface area contributed by atoms with E-state index in [1.54, 1.807) is 36.4 Å². The number of hydrogen-bond donors (Lipinski definition) is 2. The number of anilines is 1. The van der Waals surface area contributed by atoms with E-state index in [1.807, 2.05) is 6.92 Å². The molecule has 7 heteroatoms. The monoisotopic (exact) mass is 340 g/mol. The fraction of sp³-hybridized carbons (Fsp3) is 0.167. The molecule has 0 spiro atoms. The van der Waals surface area contributed by atoms with Crippen molar-refractivity contribution in [2.45, 2.75) is 19.9 Å². The summed E-state index contributed by atoms with van der Waals surface area (Å²) >= 11 is 0. The lowest BCUT2D eigenvalue weighted by molar-refractivity contribution is -0.119. The van der Waals surface area contributed by atoms with Gasteiger partial charge >= 0.3 is 0 Å². The van der Waals surface area contributed by atoms with Crippen molar-refractivity contribution < 1.29 is 9.18 Å². The smallest absolute Gasteiger partial charge is 0.262 e. The lowest BCUT2D eigenvalue weighted by Gasteiger charge is -2.14. The number of benzene rings is 2. The molecular formula is C18H17FN4O2. The van der Waals surface area contributed by atoms with Crippen LogP contribution in [-0.2, 0) is 17.8 Å². The Labute approximate surface area is 143 Å². The van der Waals surface area contributed by atoms with Crippen LogP contribution in [0.3, 0.4) is 0 Å². The van der Waals surface area contributed by atoms with Gasteiger partial charge in [-0.05, 0) is 36.8 Å². The summed E-state index contributed by atoms with van der Waals surface area (Å²) in [6.07, 6.45) is 0.0806. The van der Waals surface area contributed by atoms with Crippen LogP contribution in [0.4, 0.5) is 10.3 Å². The third-order valence-electron chi connectivity index (χ3n) is 3.77. The fourth-order valence-electron chi connectivity index (χ4n) is 2.51. The molecule has 0 unspecified atom stereocenters. The van der Waals surface area contributed by atoms with Crippen LogP contribution in [0.1, 0.15) is 12.5 Å². The van der Waals surface area contributed by atoms with Crippen LogP contribution < -0.4 is 16.4 Å². The van der Waals surface area contributed by atoms with Gasteiger partial charge < -0.3 is 0 Å². The molecule has 0 fully saturated rings. The van der Waals surface area contributed by atoms with E-state index >= 15 is 0 Å². The minimum absolute atomic E-state index is 0.0806. The zero-order chi connectivity index (χ0) is 17.8. The number of amides is 1. The van der Waals surface area contributed by atoms with E-state index < -0.39 is 0 Å². The van der Waals surface area contributed by atoms with Gasteiger partial charge in [-0.1, -0.05) is 24.3 Å². The standard InChI is InChI=1S/C18H17FN4O2/c1-2-23-17(25)14-5-3-4-6-15(14)20-18(23)22-21-16(24)11-12-7-9-13(19)10-8-12/h3-10H,2,11H2,1H3,(H,20,22)(H,21,24). The summed E-state index contributed by atoms with van der Waals surface area (Å²) in [5, 5.41) is 0.521. The summed E-state index contributed by atoms with van der Waals surface area (Å²) in [6.45, 7) is 2.23. The van der Waals surface area contributed by atoms with Gasteiger partial charge in [0.1, 0.15) is 5.82 Å². The molecule has 1 heterocycles. The summed E-state index contributed by atoms with van der Waals surface area (Å²) < 4.78 is 14.3. The minimum atomic E-state index is -0.352. The first-order valence-electron chi connectivity index (χ1n) is 7.87. The lowest BCUT2D eigenvalue weighted by Crippen LogP contribution is -2.35. The third kappa shape index (κ3) is 3.65. The van der Waals surface area contributed by atoms with Gasteiger partial charge in [-0.2, -0.15) is 0 Å². The van der Waals surface area contributed by atoms with Crippen molar-refractivity contribution in [1.82, 2.24) is 15.0 Å². The molecule has 0 aliphatic rings. The summed E-state index contributed by atoms with van der Waals surface area (Å²) in [4.78, 5) is 28.9. The normalized spacial score (nSPS) is 10.6. The van der Waals surface area contributed by atoms with Gasteiger partial charge in [0.05, 0.1) is 17.3 Å². The number of nitrogens with zero attached hydrogens (tertiary/aromatic N) is 2. The highest BCUT2D eigenvalue weighted by Gasteiger charge is 2.10. The number of hydrazine groups is 1. The SMILES string of the molecule is CCn1c(NNC(=O)Cc2ccc(F)cc2)nc2ccccc2c1=O. The predicted molar refractivity (Wildman–Crippen MR) is 93.5 cm³/mol. The molecule has 2 N–H and O–H groups in total. The second kappa shape index (κ2) is 7.12. The molecule has 3 aromatic rings. The molecule has 0 bridgehead atoms. The Morgan fingerprint density at radius 3 is 2.60 bits per heavy atom. The number of carbonyl (C=O) groups is 1. The maximum absolute atomic E-state index is 12.9. The van der Waals surface area contributed by atoms with E-state index in [0.29, 0.717) is 23.0 Å². The van der Waals surface area contributed by atoms with Crippen LogP contribution >= 0.6 is 0 Å². The molecule has 128 valence electrons. The fourth-order valence-corrected chi connectivity index (χ4v) is 2.51. The predicted octanol–water partition coefficient (Wildman–Crippen LogP) is 2.24. The number of halogens is 1. The summed E-state index contributed by atoms with van der Waals surface area (Å²) in [5.41, 5.74) is 6.28. The molecular weight excluding hydrogens is 323 g/mol. The number of para-hydroxylation sites is 1. The molecule has 3 rings (SSSR count). The van der Waals surface area contributed by atoms with Crippen LogP contribution in [0.25, 0.3) is 10.9 Å². The van der Waals surface area contributed by atoms with Crippen LogP contribution in [0, 0.1) is 5.82 Å². The number of aromatic nitrogens is 2. The van der Waals surface area contributed by atoms with Crippen molar-refractivity contribution >= 4 is 22.8 Å². The topological polar surface area (TPSA) is 76.0 Å². The van der Waals surface area contributed by atoms with E-state index in [-0.39, 0.29) is 29.7 Å². The Kier molecular flexibility index (Phi) is 4.74. The van der Waals surface area contributed by atoms with E-state index in [1.165, 1.54) is 16.7 Å². The van der Waals surface area contributed by atoms with Gasteiger partial charge in [0.15, 0.2) is 0 Å². The largest absolute Gasteiger partial charge is 0.277 e. The number of fused-ring (bicyclic) bond motifs is 1. The molecule has 0 atom stereocenters. The van der Waals surface area contributed by atoms with Crippen molar-refractivity contribution in [2.24, 2.45) is 0 Å². The Hall–Kier alpha value is -3.22. The van der Waals surface area contributed by atoms with Crippen molar-refractivity contribution in [3.8, 4) is 0 Å². The van der Waals surface area contributed by atoms with E-state index in [9.17, 15) is 14.0 Å². The van der Waals surface area contributed by atoms with Crippen LogP contribution in [0.5, 0.6) is 0 Å². The number of hydrogen-bond acceptors (Lipinski definition) is 4. The van der Waals surface area contributed by atoms with Crippen molar-refractivity contribution in [3.63, 3.8) is 0 Å². The zero-order valence-corrected chi connectivity index (χ0v) is 13.6. The first-order chi connectivity index (χ1) is 12.1. The van der Waals surface area contributed by atoms with Gasteiger partial charge in [-0.3, -0.25) is 25.0 Å². The third-order valence-corrected chi connectivity index (χ3v) is 3.77. The molecule has 1 aromatic heterocycles. The molecule has 0 saturated heterocycles. The van der Waals surface area contributed by atoms with Crippen molar-refractivity contribution in [2.75, 3.05) is 5.43 Å². The van der Waals surface area contributed by atoms with Crippen LogP contribution in [0.15, 0.2) is 53.3 Å². The highest BCUT2D eigenvalue weighted by molar-refractivity contribution is 5.81. The van der Waals surface area contributed by atoms with E-state index in [4.69, 9.17) is 0 Å². The Balaban J connectivity index is 1.77. The maximum atomic E-state index is 12.9. The molecule has 0 radical (unpaired) electrons. The zero-order valence-electron chi connectivity index (χ0n) is 13.6. The second-order valence-corrected chi connectivity index (χ2v) is 5.48. The molecule has 6 nitrogen and oxygen atoms in total. The number of nitrogens with one attached hydrogen (secondary N) is 2. The number of rotatable bonds is 5. The molecule has 0 aliphatic heterocycles. The molecule has 1 amide bonds. The van der Waals surface area contributed by atoms with Crippen LogP contribution in [0.2, 0.25) is 0 Å². The van der Waals surface area contributed by atoms with Crippen LogP contribution in [-0.4, -0.2) is 15.5 Å². The summed E-state index contributed by atoms with van der Waals surface area (Å²) in [5.74, 6) is -0.412. The van der Waals surface area contributed by atoms with Gasteiger partial charge in [0, 0.05) is 6.54 Å². The lowest BCUT2D eigenvalue weighted by atomic mass is 10.1. The summed E-state index contributed by atoms with van der Waals surface area (Å²) in [6, 6.07) is 12.7. The van der Waals surface area contributed by atoms with Gasteiger partial charge in [-0.15, -0.1) is 0 Å². The summed E-state index contributed by atoms with van der Waals surface area (Å²) in [7, 11) is 0. The maximum Gasteiger partial charge on any atom is 0.262 e. The van der Waals surface area contributed by atoms with Gasteiger partial charge in [0.25, 0.3) is 5.56 Å². The highest BCUT2D eigenvalue weighted by atomic mass is 19.1. The average molecular weight is 340 g/mol. The van der Waals surface area contributed by atoms with E-state index in [2.05, 4.69) is 15.8 Å². The first kappa shape index (κ1) is 16.6. The van der Waals surface area contributed by atoms with Gasteiger partial charge in [-0.25, -0.2) is 9.37 Å². The minimum Gasteiger partial charge on any atom is -0.277 e. The number of carbonyl (C=O) groups excluding carboxylic acids is 1. The average Bonchev–Trinajstić information content (AvgIpc) is 2.62. The first-order valence-corrected chi connectivity index (χ1v) is 7.87. The van der Waals surface area contributed by atoms with Crippen molar-refractivity contribution in [1.29, 1.82) is 0 Å². The molecule has 2 aromatic carbocycles.